The first kappa shape index (κ1) is 14.7. The summed E-state index contributed by atoms with van der Waals surface area (Å²) in [4.78, 5) is 10.9. The van der Waals surface area contributed by atoms with Crippen LogP contribution in [0.1, 0.15) is 30.1 Å². The highest BCUT2D eigenvalue weighted by Crippen LogP contribution is 2.19. The third kappa shape index (κ3) is 3.08. The van der Waals surface area contributed by atoms with Gasteiger partial charge < -0.3 is 5.11 Å². The maximum Gasteiger partial charge on any atom is 0.337 e. The van der Waals surface area contributed by atoms with Gasteiger partial charge in [0.05, 0.1) is 10.5 Å². The van der Waals surface area contributed by atoms with Crippen molar-refractivity contribution in [2.45, 2.75) is 24.7 Å². The number of carboxylic acids is 1. The number of hydrogen-bond acceptors (Lipinski definition) is 3. The van der Waals surface area contributed by atoms with Crippen molar-refractivity contribution in [2.24, 2.45) is 0 Å². The van der Waals surface area contributed by atoms with E-state index in [0.29, 0.717) is 6.54 Å². The highest BCUT2D eigenvalue weighted by atomic mass is 32.2. The summed E-state index contributed by atoms with van der Waals surface area (Å²) in [6.45, 7) is 2.35. The van der Waals surface area contributed by atoms with Gasteiger partial charge >= 0.3 is 5.97 Å². The number of nitrogens with zero attached hydrogens (tertiary/aromatic N) is 1. The molecule has 6 heteroatoms. The SMILES string of the molecule is CCCCN(C)S(=O)(=O)c1ccccc1C(=O)O. The summed E-state index contributed by atoms with van der Waals surface area (Å²) < 4.78 is 25.6. The molecule has 0 unspecified atom stereocenters. The molecule has 0 saturated heterocycles. The Balaban J connectivity index is 3.16. The van der Waals surface area contributed by atoms with Crippen molar-refractivity contribution in [3.63, 3.8) is 0 Å². The second-order valence-corrected chi connectivity index (χ2v) is 5.99. The molecule has 1 N–H and O–H groups in total. The summed E-state index contributed by atoms with van der Waals surface area (Å²) in [6.07, 6.45) is 1.62. The molecule has 1 aromatic rings. The van der Waals surface area contributed by atoms with E-state index in [1.807, 2.05) is 6.92 Å². The van der Waals surface area contributed by atoms with Gasteiger partial charge in [0, 0.05) is 13.6 Å². The van der Waals surface area contributed by atoms with E-state index in [2.05, 4.69) is 0 Å². The smallest absolute Gasteiger partial charge is 0.337 e. The largest absolute Gasteiger partial charge is 0.478 e. The minimum atomic E-state index is -3.73. The molecule has 0 heterocycles. The van der Waals surface area contributed by atoms with E-state index in [0.717, 1.165) is 12.8 Å². The van der Waals surface area contributed by atoms with Crippen LogP contribution in [0.5, 0.6) is 0 Å². The Labute approximate surface area is 107 Å². The molecule has 0 atom stereocenters. The lowest BCUT2D eigenvalue weighted by atomic mass is 10.2. The number of unbranched alkanes of at least 4 members (excludes halogenated alkanes) is 1. The molecule has 0 fully saturated rings. The molecule has 1 rings (SSSR count). The van der Waals surface area contributed by atoms with Gasteiger partial charge in [0.2, 0.25) is 10.0 Å². The number of aromatic carboxylic acids is 1. The predicted octanol–water partition coefficient (Wildman–Crippen LogP) is 1.81. The zero-order chi connectivity index (χ0) is 13.8. The summed E-state index contributed by atoms with van der Waals surface area (Å²) >= 11 is 0. The Bertz CT molecular complexity index is 525. The molecule has 0 saturated carbocycles. The van der Waals surface area contributed by atoms with Gasteiger partial charge in [-0.1, -0.05) is 25.5 Å². The van der Waals surface area contributed by atoms with Crippen LogP contribution >= 0.6 is 0 Å². The van der Waals surface area contributed by atoms with Crippen LogP contribution in [0.3, 0.4) is 0 Å². The lowest BCUT2D eigenvalue weighted by molar-refractivity contribution is 0.0692. The quantitative estimate of drug-likeness (QED) is 0.856. The van der Waals surface area contributed by atoms with Crippen LogP contribution in [0.15, 0.2) is 29.2 Å². The van der Waals surface area contributed by atoms with Crippen molar-refractivity contribution in [3.8, 4) is 0 Å². The molecule has 18 heavy (non-hydrogen) atoms. The fourth-order valence-corrected chi connectivity index (χ4v) is 2.93. The van der Waals surface area contributed by atoms with E-state index in [1.165, 1.54) is 35.6 Å². The van der Waals surface area contributed by atoms with Crippen LogP contribution in [-0.4, -0.2) is 37.4 Å². The van der Waals surface area contributed by atoms with Gasteiger partial charge in [0.25, 0.3) is 0 Å². The van der Waals surface area contributed by atoms with Crippen LogP contribution in [0.4, 0.5) is 0 Å². The average Bonchev–Trinajstić information content (AvgIpc) is 2.35. The van der Waals surface area contributed by atoms with Crippen molar-refractivity contribution in [1.29, 1.82) is 0 Å². The predicted molar refractivity (Wildman–Crippen MR) is 68.1 cm³/mol. The lowest BCUT2D eigenvalue weighted by Gasteiger charge is -2.17. The first-order chi connectivity index (χ1) is 8.41. The molecule has 0 aliphatic heterocycles. The number of sulfonamides is 1. The first-order valence-corrected chi connectivity index (χ1v) is 7.14. The molecule has 0 radical (unpaired) electrons. The topological polar surface area (TPSA) is 74.7 Å². The summed E-state index contributed by atoms with van der Waals surface area (Å²) in [5.74, 6) is -1.24. The second kappa shape index (κ2) is 5.97. The lowest BCUT2D eigenvalue weighted by Crippen LogP contribution is -2.29. The van der Waals surface area contributed by atoms with Crippen LogP contribution in [0, 0.1) is 0 Å². The van der Waals surface area contributed by atoms with Gasteiger partial charge in [-0.25, -0.2) is 17.5 Å². The Morgan fingerprint density at radius 2 is 1.94 bits per heavy atom. The number of rotatable bonds is 6. The summed E-state index contributed by atoms with van der Waals surface area (Å²) in [5.41, 5.74) is -0.194. The molecule has 0 aromatic heterocycles. The third-order valence-electron chi connectivity index (χ3n) is 2.63. The zero-order valence-electron chi connectivity index (χ0n) is 10.5. The minimum absolute atomic E-state index is 0.156. The standard InChI is InChI=1S/C12H17NO4S/c1-3-4-9-13(2)18(16,17)11-8-6-5-7-10(11)12(14)15/h5-8H,3-4,9H2,1-2H3,(H,14,15). The van der Waals surface area contributed by atoms with Crippen molar-refractivity contribution in [2.75, 3.05) is 13.6 Å². The summed E-state index contributed by atoms with van der Waals surface area (Å²) in [7, 11) is -2.27. The van der Waals surface area contributed by atoms with Gasteiger partial charge in [0.15, 0.2) is 0 Å². The normalized spacial score (nSPS) is 11.7. The van der Waals surface area contributed by atoms with Gasteiger partial charge in [-0.05, 0) is 18.6 Å². The average molecular weight is 271 g/mol. The molecule has 0 amide bonds. The van der Waals surface area contributed by atoms with Crippen LogP contribution < -0.4 is 0 Å². The molecule has 0 aliphatic rings. The van der Waals surface area contributed by atoms with Gasteiger partial charge in [0.1, 0.15) is 0 Å². The Kier molecular flexibility index (Phi) is 4.86. The van der Waals surface area contributed by atoms with E-state index in [4.69, 9.17) is 5.11 Å². The monoisotopic (exact) mass is 271 g/mol. The van der Waals surface area contributed by atoms with E-state index >= 15 is 0 Å². The first-order valence-electron chi connectivity index (χ1n) is 5.70. The molecular weight excluding hydrogens is 254 g/mol. The number of hydrogen-bond donors (Lipinski definition) is 1. The van der Waals surface area contributed by atoms with E-state index in [-0.39, 0.29) is 10.5 Å². The Morgan fingerprint density at radius 1 is 1.33 bits per heavy atom. The van der Waals surface area contributed by atoms with Crippen LogP contribution in [-0.2, 0) is 10.0 Å². The highest BCUT2D eigenvalue weighted by molar-refractivity contribution is 7.89. The van der Waals surface area contributed by atoms with Crippen molar-refractivity contribution in [1.82, 2.24) is 4.31 Å². The number of benzene rings is 1. The van der Waals surface area contributed by atoms with Crippen molar-refractivity contribution >= 4 is 16.0 Å². The number of carboxylic acid groups (broad SMARTS) is 1. The third-order valence-corrected chi connectivity index (χ3v) is 4.55. The second-order valence-electron chi connectivity index (χ2n) is 3.98. The fourth-order valence-electron chi connectivity index (χ4n) is 1.54. The minimum Gasteiger partial charge on any atom is -0.478 e. The van der Waals surface area contributed by atoms with Crippen molar-refractivity contribution < 1.29 is 18.3 Å². The van der Waals surface area contributed by atoms with Gasteiger partial charge in [-0.3, -0.25) is 0 Å². The van der Waals surface area contributed by atoms with Gasteiger partial charge in [-0.2, -0.15) is 0 Å². The Hall–Kier alpha value is -1.40. The van der Waals surface area contributed by atoms with Crippen LogP contribution in [0.2, 0.25) is 0 Å². The van der Waals surface area contributed by atoms with E-state index in [1.54, 1.807) is 0 Å². The summed E-state index contributed by atoms with van der Waals surface area (Å²) in [5, 5.41) is 9.00. The molecule has 100 valence electrons. The van der Waals surface area contributed by atoms with E-state index < -0.39 is 16.0 Å². The van der Waals surface area contributed by atoms with E-state index in [9.17, 15) is 13.2 Å². The highest BCUT2D eigenvalue weighted by Gasteiger charge is 2.25. The van der Waals surface area contributed by atoms with Crippen molar-refractivity contribution in [3.05, 3.63) is 29.8 Å². The Morgan fingerprint density at radius 3 is 2.50 bits per heavy atom. The van der Waals surface area contributed by atoms with Crippen LogP contribution in [0.25, 0.3) is 0 Å². The number of carbonyl (C=O) groups is 1. The molecule has 0 aliphatic carbocycles. The summed E-state index contributed by atoms with van der Waals surface area (Å²) in [6, 6.07) is 5.64. The molecule has 5 nitrogen and oxygen atoms in total. The molecule has 0 bridgehead atoms. The molecule has 1 aromatic carbocycles. The maximum atomic E-state index is 12.2. The zero-order valence-corrected chi connectivity index (χ0v) is 11.3. The fraction of sp³-hybridized carbons (Fsp3) is 0.417. The maximum absolute atomic E-state index is 12.2. The molecule has 0 spiro atoms. The van der Waals surface area contributed by atoms with Gasteiger partial charge in [-0.15, -0.1) is 0 Å². The molecular formula is C12H17NO4S.